The molecule has 16 heavy (non-hydrogen) atoms. The van der Waals surface area contributed by atoms with Crippen LogP contribution in [0.25, 0.3) is 0 Å². The summed E-state index contributed by atoms with van der Waals surface area (Å²) in [4.78, 5) is 11.0. The van der Waals surface area contributed by atoms with Gasteiger partial charge >= 0.3 is 5.97 Å². The molecule has 2 rings (SSSR count). The van der Waals surface area contributed by atoms with Gasteiger partial charge in [-0.25, -0.2) is 0 Å². The van der Waals surface area contributed by atoms with Crippen molar-refractivity contribution in [1.82, 2.24) is 0 Å². The molecule has 0 aromatic carbocycles. The van der Waals surface area contributed by atoms with E-state index in [0.717, 1.165) is 12.8 Å². The first-order chi connectivity index (χ1) is 7.65. The van der Waals surface area contributed by atoms with Crippen molar-refractivity contribution < 1.29 is 14.6 Å². The molecule has 1 aliphatic carbocycles. The van der Waals surface area contributed by atoms with Crippen molar-refractivity contribution in [3.8, 4) is 0 Å². The summed E-state index contributed by atoms with van der Waals surface area (Å²) in [6.45, 7) is 1.94. The maximum Gasteiger partial charge on any atom is 0.306 e. The maximum atomic E-state index is 11.0. The largest absolute Gasteiger partial charge is 0.481 e. The number of hydrogen-bond acceptors (Lipinski definition) is 2. The fraction of sp³-hybridized carbons (Fsp3) is 0.923. The molecule has 2 aliphatic rings. The molecule has 1 heterocycles. The van der Waals surface area contributed by atoms with Gasteiger partial charge in [0.15, 0.2) is 0 Å². The third-order valence-corrected chi connectivity index (χ3v) is 4.24. The van der Waals surface area contributed by atoms with Gasteiger partial charge in [-0.1, -0.05) is 19.8 Å². The first-order valence-electron chi connectivity index (χ1n) is 6.56. The van der Waals surface area contributed by atoms with Gasteiger partial charge in [0.2, 0.25) is 0 Å². The fourth-order valence-electron chi connectivity index (χ4n) is 3.21. The Morgan fingerprint density at radius 1 is 1.44 bits per heavy atom. The fourth-order valence-corrected chi connectivity index (χ4v) is 3.21. The normalized spacial score (nSPS) is 29.7. The molecule has 0 aromatic rings. The smallest absolute Gasteiger partial charge is 0.306 e. The van der Waals surface area contributed by atoms with Crippen LogP contribution in [0.5, 0.6) is 0 Å². The summed E-state index contributed by atoms with van der Waals surface area (Å²) < 4.78 is 6.13. The van der Waals surface area contributed by atoms with Gasteiger partial charge in [-0.05, 0) is 38.5 Å². The SMILES string of the molecule is CCC(CC1CCC2(CCCC2)O1)C(=O)O. The van der Waals surface area contributed by atoms with Gasteiger partial charge in [0.05, 0.1) is 17.6 Å². The number of rotatable bonds is 4. The van der Waals surface area contributed by atoms with E-state index in [1.54, 1.807) is 0 Å². The monoisotopic (exact) mass is 226 g/mol. The first-order valence-corrected chi connectivity index (χ1v) is 6.56. The quantitative estimate of drug-likeness (QED) is 0.801. The molecule has 0 bridgehead atoms. The van der Waals surface area contributed by atoms with Crippen molar-refractivity contribution in [2.24, 2.45) is 5.92 Å². The molecule has 1 spiro atoms. The zero-order chi connectivity index (χ0) is 11.6. The van der Waals surface area contributed by atoms with Gasteiger partial charge in [0, 0.05) is 0 Å². The molecule has 2 fully saturated rings. The Labute approximate surface area is 97.2 Å². The summed E-state index contributed by atoms with van der Waals surface area (Å²) in [5.41, 5.74) is 0.140. The maximum absolute atomic E-state index is 11.0. The third-order valence-electron chi connectivity index (χ3n) is 4.24. The number of carboxylic acids is 1. The minimum atomic E-state index is -0.668. The topological polar surface area (TPSA) is 46.5 Å². The molecule has 3 nitrogen and oxygen atoms in total. The van der Waals surface area contributed by atoms with Crippen LogP contribution < -0.4 is 0 Å². The average Bonchev–Trinajstić information content (AvgIpc) is 2.86. The minimum absolute atomic E-state index is 0.140. The van der Waals surface area contributed by atoms with Crippen LogP contribution in [0, 0.1) is 5.92 Å². The molecule has 3 heteroatoms. The highest BCUT2D eigenvalue weighted by Gasteiger charge is 2.42. The summed E-state index contributed by atoms with van der Waals surface area (Å²) in [6.07, 6.45) is 8.75. The van der Waals surface area contributed by atoms with Crippen LogP contribution >= 0.6 is 0 Å². The third kappa shape index (κ3) is 2.40. The second-order valence-corrected chi connectivity index (χ2v) is 5.35. The highest BCUT2D eigenvalue weighted by atomic mass is 16.5. The average molecular weight is 226 g/mol. The molecule has 0 aromatic heterocycles. The second-order valence-electron chi connectivity index (χ2n) is 5.35. The van der Waals surface area contributed by atoms with Crippen molar-refractivity contribution >= 4 is 5.97 Å². The Morgan fingerprint density at radius 3 is 2.69 bits per heavy atom. The van der Waals surface area contributed by atoms with Crippen LogP contribution in [0.1, 0.15) is 58.3 Å². The second kappa shape index (κ2) is 4.74. The molecule has 1 saturated heterocycles. The van der Waals surface area contributed by atoms with Crippen molar-refractivity contribution in [2.45, 2.75) is 70.0 Å². The number of hydrogen-bond donors (Lipinski definition) is 1. The predicted molar refractivity (Wildman–Crippen MR) is 61.3 cm³/mol. The molecule has 2 atom stereocenters. The van der Waals surface area contributed by atoms with E-state index < -0.39 is 5.97 Å². The Kier molecular flexibility index (Phi) is 3.53. The van der Waals surface area contributed by atoms with E-state index in [1.165, 1.54) is 25.7 Å². The predicted octanol–water partition coefficient (Wildman–Crippen LogP) is 2.98. The number of carbonyl (C=O) groups is 1. The molecular weight excluding hydrogens is 204 g/mol. The number of ether oxygens (including phenoxy) is 1. The molecule has 0 amide bonds. The van der Waals surface area contributed by atoms with Crippen LogP contribution in [-0.4, -0.2) is 22.8 Å². The Bertz CT molecular complexity index is 256. The van der Waals surface area contributed by atoms with E-state index >= 15 is 0 Å². The summed E-state index contributed by atoms with van der Waals surface area (Å²) in [5, 5.41) is 9.03. The van der Waals surface area contributed by atoms with Gasteiger partial charge in [-0.3, -0.25) is 4.79 Å². The lowest BCUT2D eigenvalue weighted by Gasteiger charge is -2.24. The molecule has 0 radical (unpaired) electrons. The van der Waals surface area contributed by atoms with Gasteiger partial charge in [0.25, 0.3) is 0 Å². The summed E-state index contributed by atoms with van der Waals surface area (Å²) >= 11 is 0. The van der Waals surface area contributed by atoms with Crippen molar-refractivity contribution in [3.63, 3.8) is 0 Å². The molecule has 1 N–H and O–H groups in total. The molecule has 2 unspecified atom stereocenters. The van der Waals surface area contributed by atoms with Gasteiger partial charge < -0.3 is 9.84 Å². The molecule has 1 saturated carbocycles. The summed E-state index contributed by atoms with van der Waals surface area (Å²) in [7, 11) is 0. The summed E-state index contributed by atoms with van der Waals surface area (Å²) in [5.74, 6) is -0.889. The van der Waals surface area contributed by atoms with E-state index in [0.29, 0.717) is 12.8 Å². The molecular formula is C13H22O3. The van der Waals surface area contributed by atoms with Crippen molar-refractivity contribution in [3.05, 3.63) is 0 Å². The van der Waals surface area contributed by atoms with Gasteiger partial charge in [-0.2, -0.15) is 0 Å². The van der Waals surface area contributed by atoms with Crippen LogP contribution in [0.2, 0.25) is 0 Å². The zero-order valence-corrected chi connectivity index (χ0v) is 10.1. The van der Waals surface area contributed by atoms with E-state index in [4.69, 9.17) is 9.84 Å². The number of carboxylic acid groups (broad SMARTS) is 1. The van der Waals surface area contributed by atoms with E-state index in [9.17, 15) is 4.79 Å². The molecule has 1 aliphatic heterocycles. The van der Waals surface area contributed by atoms with E-state index in [-0.39, 0.29) is 17.6 Å². The number of aliphatic carboxylic acids is 1. The molecule has 92 valence electrons. The van der Waals surface area contributed by atoms with Crippen molar-refractivity contribution in [2.75, 3.05) is 0 Å². The van der Waals surface area contributed by atoms with E-state index in [1.807, 2.05) is 6.92 Å². The lowest BCUT2D eigenvalue weighted by Crippen LogP contribution is -2.27. The van der Waals surface area contributed by atoms with Gasteiger partial charge in [0.1, 0.15) is 0 Å². The van der Waals surface area contributed by atoms with Crippen LogP contribution in [-0.2, 0) is 9.53 Å². The highest BCUT2D eigenvalue weighted by molar-refractivity contribution is 5.69. The lowest BCUT2D eigenvalue weighted by atomic mass is 9.95. The highest BCUT2D eigenvalue weighted by Crippen LogP contribution is 2.44. The lowest BCUT2D eigenvalue weighted by molar-refractivity contribution is -0.144. The first kappa shape index (κ1) is 11.9. The standard InChI is InChI=1S/C13H22O3/c1-2-10(12(14)15)9-11-5-8-13(16-11)6-3-4-7-13/h10-11H,2-9H2,1H3,(H,14,15). The summed E-state index contributed by atoms with van der Waals surface area (Å²) in [6, 6.07) is 0. The Hall–Kier alpha value is -0.570. The van der Waals surface area contributed by atoms with Crippen LogP contribution in [0.4, 0.5) is 0 Å². The Morgan fingerprint density at radius 2 is 2.12 bits per heavy atom. The van der Waals surface area contributed by atoms with E-state index in [2.05, 4.69) is 0 Å². The van der Waals surface area contributed by atoms with Gasteiger partial charge in [-0.15, -0.1) is 0 Å². The van der Waals surface area contributed by atoms with Crippen LogP contribution in [0.3, 0.4) is 0 Å². The van der Waals surface area contributed by atoms with Crippen LogP contribution in [0.15, 0.2) is 0 Å². The van der Waals surface area contributed by atoms with Crippen molar-refractivity contribution in [1.29, 1.82) is 0 Å². The zero-order valence-electron chi connectivity index (χ0n) is 10.1. The Balaban J connectivity index is 1.86. The minimum Gasteiger partial charge on any atom is -0.481 e.